The van der Waals surface area contributed by atoms with Crippen LogP contribution in [0.2, 0.25) is 0 Å². The van der Waals surface area contributed by atoms with Gasteiger partial charge < -0.3 is 10.0 Å². The van der Waals surface area contributed by atoms with Crippen molar-refractivity contribution < 1.29 is 9.90 Å². The van der Waals surface area contributed by atoms with Crippen LogP contribution in [0.5, 0.6) is 0 Å². The molecule has 1 atom stereocenters. The zero-order valence-corrected chi connectivity index (χ0v) is 12.6. The van der Waals surface area contributed by atoms with E-state index in [1.807, 2.05) is 32.0 Å². The van der Waals surface area contributed by atoms with Crippen LogP contribution in [0.1, 0.15) is 26.5 Å². The van der Waals surface area contributed by atoms with E-state index < -0.39 is 6.10 Å². The molecule has 1 N–H and O–H groups in total. The Morgan fingerprint density at radius 2 is 2.16 bits per heavy atom. The quantitative estimate of drug-likeness (QED) is 0.830. The van der Waals surface area contributed by atoms with Crippen molar-refractivity contribution in [3.8, 4) is 0 Å². The Kier molecular flexibility index (Phi) is 6.87. The number of amides is 1. The molecular formula is C14H22N2O2S. The second-order valence-corrected chi connectivity index (χ2v) is 5.79. The fourth-order valence-electron chi connectivity index (χ4n) is 1.69. The smallest absolute Gasteiger partial charge is 0.232 e. The molecule has 5 heteroatoms. The normalized spacial score (nSPS) is 12.5. The number of rotatable bonds is 7. The number of hydrogen-bond donors (Lipinski definition) is 1. The minimum absolute atomic E-state index is 0.0665. The van der Waals surface area contributed by atoms with Gasteiger partial charge >= 0.3 is 0 Å². The van der Waals surface area contributed by atoms with Gasteiger partial charge in [-0.15, -0.1) is 11.8 Å². The molecule has 0 aliphatic carbocycles. The molecule has 0 aromatic carbocycles. The highest BCUT2D eigenvalue weighted by Gasteiger charge is 2.18. The first kappa shape index (κ1) is 16.0. The second kappa shape index (κ2) is 8.17. The lowest BCUT2D eigenvalue weighted by atomic mass is 10.2. The second-order valence-electron chi connectivity index (χ2n) is 4.80. The third kappa shape index (κ3) is 6.07. The molecule has 106 valence electrons. The van der Waals surface area contributed by atoms with Gasteiger partial charge in [0, 0.05) is 24.5 Å². The standard InChI is InChI=1S/C14H22N2O2S/c1-11(2)16(8-12(3)17)14(18)10-19-9-13-6-4-5-7-15-13/h4-7,11-12,17H,8-10H2,1-3H3. The van der Waals surface area contributed by atoms with E-state index in [9.17, 15) is 9.90 Å². The maximum Gasteiger partial charge on any atom is 0.232 e. The lowest BCUT2D eigenvalue weighted by molar-refractivity contribution is -0.131. The highest BCUT2D eigenvalue weighted by Crippen LogP contribution is 2.12. The Balaban J connectivity index is 2.40. The van der Waals surface area contributed by atoms with Crippen molar-refractivity contribution in [2.45, 2.75) is 38.7 Å². The van der Waals surface area contributed by atoms with Gasteiger partial charge in [0.2, 0.25) is 5.91 Å². The van der Waals surface area contributed by atoms with Crippen LogP contribution >= 0.6 is 11.8 Å². The van der Waals surface area contributed by atoms with E-state index >= 15 is 0 Å². The SMILES string of the molecule is CC(O)CN(C(=O)CSCc1ccccn1)C(C)C. The molecule has 1 amide bonds. The summed E-state index contributed by atoms with van der Waals surface area (Å²) in [5.74, 6) is 1.21. The average molecular weight is 282 g/mol. The van der Waals surface area contributed by atoms with Crippen LogP contribution in [0.25, 0.3) is 0 Å². The van der Waals surface area contributed by atoms with Crippen molar-refractivity contribution in [3.63, 3.8) is 0 Å². The van der Waals surface area contributed by atoms with Crippen LogP contribution in [0.15, 0.2) is 24.4 Å². The maximum absolute atomic E-state index is 12.1. The molecule has 1 heterocycles. The van der Waals surface area contributed by atoms with Gasteiger partial charge in [0.25, 0.3) is 0 Å². The Morgan fingerprint density at radius 3 is 2.68 bits per heavy atom. The maximum atomic E-state index is 12.1. The molecular weight excluding hydrogens is 260 g/mol. The van der Waals surface area contributed by atoms with Crippen molar-refractivity contribution in [3.05, 3.63) is 30.1 Å². The number of carbonyl (C=O) groups is 1. The number of hydrogen-bond acceptors (Lipinski definition) is 4. The highest BCUT2D eigenvalue weighted by atomic mass is 32.2. The summed E-state index contributed by atoms with van der Waals surface area (Å²) in [6.45, 7) is 6.01. The van der Waals surface area contributed by atoms with Crippen LogP contribution < -0.4 is 0 Å². The molecule has 19 heavy (non-hydrogen) atoms. The first-order valence-corrected chi connectivity index (χ1v) is 7.61. The number of nitrogens with zero attached hydrogens (tertiary/aromatic N) is 2. The number of pyridine rings is 1. The minimum atomic E-state index is -0.493. The summed E-state index contributed by atoms with van der Waals surface area (Å²) < 4.78 is 0. The molecule has 0 spiro atoms. The van der Waals surface area contributed by atoms with E-state index in [0.717, 1.165) is 11.4 Å². The molecule has 1 unspecified atom stereocenters. The molecule has 0 fully saturated rings. The van der Waals surface area contributed by atoms with Gasteiger partial charge in [-0.3, -0.25) is 9.78 Å². The van der Waals surface area contributed by atoms with E-state index in [4.69, 9.17) is 0 Å². The number of aromatic nitrogens is 1. The first-order chi connectivity index (χ1) is 9.00. The minimum Gasteiger partial charge on any atom is -0.392 e. The first-order valence-electron chi connectivity index (χ1n) is 6.46. The lowest BCUT2D eigenvalue weighted by Crippen LogP contribution is -2.42. The van der Waals surface area contributed by atoms with Crippen molar-refractivity contribution in [2.75, 3.05) is 12.3 Å². The van der Waals surface area contributed by atoms with Gasteiger partial charge in [0.05, 0.1) is 17.6 Å². The summed E-state index contributed by atoms with van der Waals surface area (Å²) in [6.07, 6.45) is 1.26. The van der Waals surface area contributed by atoms with Crippen LogP contribution in [0.4, 0.5) is 0 Å². The van der Waals surface area contributed by atoms with Crippen molar-refractivity contribution in [1.82, 2.24) is 9.88 Å². The molecule has 0 aliphatic rings. The third-order valence-corrected chi connectivity index (χ3v) is 3.56. The zero-order valence-electron chi connectivity index (χ0n) is 11.7. The summed E-state index contributed by atoms with van der Waals surface area (Å²) in [5.41, 5.74) is 0.979. The summed E-state index contributed by atoms with van der Waals surface area (Å²) in [5, 5.41) is 9.41. The van der Waals surface area contributed by atoms with E-state index in [2.05, 4.69) is 4.98 Å². The molecule has 1 aromatic heterocycles. The van der Waals surface area contributed by atoms with Crippen LogP contribution in [0, 0.1) is 0 Å². The monoisotopic (exact) mass is 282 g/mol. The lowest BCUT2D eigenvalue weighted by Gasteiger charge is -2.27. The predicted octanol–water partition coefficient (Wildman–Crippen LogP) is 1.93. The van der Waals surface area contributed by atoms with Gasteiger partial charge in [0.1, 0.15) is 0 Å². The summed E-state index contributed by atoms with van der Waals surface area (Å²) in [6, 6.07) is 5.88. The number of carbonyl (C=O) groups excluding carboxylic acids is 1. The fraction of sp³-hybridized carbons (Fsp3) is 0.571. The summed E-state index contributed by atoms with van der Waals surface area (Å²) in [4.78, 5) is 18.0. The number of aliphatic hydroxyl groups excluding tert-OH is 1. The molecule has 1 aromatic rings. The molecule has 1 rings (SSSR count). The van der Waals surface area contributed by atoms with Crippen LogP contribution in [-0.2, 0) is 10.5 Å². The largest absolute Gasteiger partial charge is 0.392 e. The van der Waals surface area contributed by atoms with Gasteiger partial charge in [-0.25, -0.2) is 0 Å². The summed E-state index contributed by atoms with van der Waals surface area (Å²) >= 11 is 1.55. The number of thioether (sulfide) groups is 1. The topological polar surface area (TPSA) is 53.4 Å². The molecule has 0 aliphatic heterocycles. The van der Waals surface area contributed by atoms with Gasteiger partial charge in [-0.2, -0.15) is 0 Å². The Morgan fingerprint density at radius 1 is 1.42 bits per heavy atom. The van der Waals surface area contributed by atoms with E-state index in [0.29, 0.717) is 12.3 Å². The fourth-order valence-corrected chi connectivity index (χ4v) is 2.52. The molecule has 0 radical (unpaired) electrons. The van der Waals surface area contributed by atoms with E-state index in [1.165, 1.54) is 0 Å². The van der Waals surface area contributed by atoms with Gasteiger partial charge in [0.15, 0.2) is 0 Å². The average Bonchev–Trinajstić information content (AvgIpc) is 2.36. The van der Waals surface area contributed by atoms with Crippen molar-refractivity contribution >= 4 is 17.7 Å². The molecule has 0 saturated carbocycles. The van der Waals surface area contributed by atoms with E-state index in [-0.39, 0.29) is 11.9 Å². The Labute approximate surface area is 119 Å². The molecule has 0 saturated heterocycles. The zero-order chi connectivity index (χ0) is 14.3. The van der Waals surface area contributed by atoms with Crippen LogP contribution in [0.3, 0.4) is 0 Å². The van der Waals surface area contributed by atoms with E-state index in [1.54, 1.807) is 29.8 Å². The highest BCUT2D eigenvalue weighted by molar-refractivity contribution is 7.99. The molecule has 4 nitrogen and oxygen atoms in total. The third-order valence-electron chi connectivity index (χ3n) is 2.61. The van der Waals surface area contributed by atoms with Crippen molar-refractivity contribution in [1.29, 1.82) is 0 Å². The molecule has 0 bridgehead atoms. The Bertz CT molecular complexity index is 382. The van der Waals surface area contributed by atoms with Gasteiger partial charge in [-0.05, 0) is 32.9 Å². The Hall–Kier alpha value is -1.07. The van der Waals surface area contributed by atoms with Crippen molar-refractivity contribution in [2.24, 2.45) is 0 Å². The van der Waals surface area contributed by atoms with Crippen LogP contribution in [-0.4, -0.2) is 45.3 Å². The summed E-state index contributed by atoms with van der Waals surface area (Å²) in [7, 11) is 0. The predicted molar refractivity (Wildman–Crippen MR) is 78.9 cm³/mol. The van der Waals surface area contributed by atoms with Gasteiger partial charge in [-0.1, -0.05) is 6.07 Å². The number of aliphatic hydroxyl groups is 1.